The fraction of sp³-hybridized carbons (Fsp3) is 0.500. The molecule has 0 radical (unpaired) electrons. The van der Waals surface area contributed by atoms with Gasteiger partial charge >= 0.3 is 0 Å². The zero-order chi connectivity index (χ0) is 15.3. The lowest BCUT2D eigenvalue weighted by Crippen LogP contribution is -2.43. The van der Waals surface area contributed by atoms with Crippen molar-refractivity contribution < 1.29 is 13.2 Å². The van der Waals surface area contributed by atoms with Crippen LogP contribution >= 0.6 is 0 Å². The van der Waals surface area contributed by atoms with E-state index < -0.39 is 10.0 Å². The number of amides is 1. The maximum absolute atomic E-state index is 12.0. The monoisotopic (exact) mass is 311 g/mol. The molecule has 21 heavy (non-hydrogen) atoms. The first-order valence-electron chi connectivity index (χ1n) is 7.06. The zero-order valence-electron chi connectivity index (χ0n) is 12.1. The molecule has 7 heteroatoms. The van der Waals surface area contributed by atoms with Gasteiger partial charge in [-0.3, -0.25) is 4.79 Å². The Hall–Kier alpha value is -1.44. The van der Waals surface area contributed by atoms with Crippen LogP contribution in [-0.2, 0) is 14.8 Å². The van der Waals surface area contributed by atoms with E-state index in [0.29, 0.717) is 0 Å². The predicted octanol–water partition coefficient (Wildman–Crippen LogP) is 0.142. The Kier molecular flexibility index (Phi) is 5.33. The summed E-state index contributed by atoms with van der Waals surface area (Å²) in [5.74, 6) is -0.0676. The van der Waals surface area contributed by atoms with Crippen molar-refractivity contribution in [3.05, 3.63) is 29.8 Å². The zero-order valence-corrected chi connectivity index (χ0v) is 12.9. The SMILES string of the molecule is Cc1ccc(S(=O)(=O)NCCNC(=O)[C@@H]2CCCN2)cc1. The molecule has 1 saturated heterocycles. The summed E-state index contributed by atoms with van der Waals surface area (Å²) in [6, 6.07) is 6.50. The first-order chi connectivity index (χ1) is 9.99. The van der Waals surface area contributed by atoms with Crippen molar-refractivity contribution in [2.24, 2.45) is 0 Å². The molecule has 1 amide bonds. The maximum atomic E-state index is 12.0. The Balaban J connectivity index is 1.77. The molecule has 116 valence electrons. The quantitative estimate of drug-likeness (QED) is 0.652. The third-order valence-electron chi connectivity index (χ3n) is 3.42. The van der Waals surface area contributed by atoms with E-state index in [0.717, 1.165) is 24.9 Å². The molecule has 1 atom stereocenters. The van der Waals surface area contributed by atoms with Crippen molar-refractivity contribution in [1.82, 2.24) is 15.4 Å². The largest absolute Gasteiger partial charge is 0.353 e. The number of benzene rings is 1. The number of hydrogen-bond acceptors (Lipinski definition) is 4. The van der Waals surface area contributed by atoms with E-state index in [9.17, 15) is 13.2 Å². The summed E-state index contributed by atoms with van der Waals surface area (Å²) in [5, 5.41) is 5.82. The number of nitrogens with one attached hydrogen (secondary N) is 3. The van der Waals surface area contributed by atoms with Crippen LogP contribution in [0.2, 0.25) is 0 Å². The molecule has 0 aliphatic carbocycles. The van der Waals surface area contributed by atoms with Gasteiger partial charge in [-0.25, -0.2) is 13.1 Å². The number of rotatable bonds is 6. The molecule has 1 aromatic rings. The number of sulfonamides is 1. The van der Waals surface area contributed by atoms with E-state index in [2.05, 4.69) is 15.4 Å². The summed E-state index contributed by atoms with van der Waals surface area (Å²) < 4.78 is 26.5. The van der Waals surface area contributed by atoms with Crippen LogP contribution in [0.5, 0.6) is 0 Å². The third-order valence-corrected chi connectivity index (χ3v) is 4.90. The molecule has 3 N–H and O–H groups in total. The van der Waals surface area contributed by atoms with Gasteiger partial charge in [0.25, 0.3) is 0 Å². The molecular formula is C14H21N3O3S. The second-order valence-corrected chi connectivity index (χ2v) is 6.92. The molecular weight excluding hydrogens is 290 g/mol. The first-order valence-corrected chi connectivity index (χ1v) is 8.55. The Morgan fingerprint density at radius 1 is 1.29 bits per heavy atom. The lowest BCUT2D eigenvalue weighted by atomic mass is 10.2. The first kappa shape index (κ1) is 15.9. The van der Waals surface area contributed by atoms with Gasteiger partial charge in [-0.2, -0.15) is 0 Å². The molecule has 0 bridgehead atoms. The summed E-state index contributed by atoms with van der Waals surface area (Å²) in [6.45, 7) is 3.21. The lowest BCUT2D eigenvalue weighted by Gasteiger charge is -2.11. The van der Waals surface area contributed by atoms with Crippen LogP contribution in [0.4, 0.5) is 0 Å². The molecule has 1 fully saturated rings. The van der Waals surface area contributed by atoms with E-state index in [-0.39, 0.29) is 29.9 Å². The average molecular weight is 311 g/mol. The maximum Gasteiger partial charge on any atom is 0.240 e. The summed E-state index contributed by atoms with van der Waals surface area (Å²) in [7, 11) is -3.51. The van der Waals surface area contributed by atoms with Crippen molar-refractivity contribution >= 4 is 15.9 Å². The molecule has 2 rings (SSSR count). The van der Waals surface area contributed by atoms with E-state index in [1.54, 1.807) is 24.3 Å². The molecule has 0 unspecified atom stereocenters. The number of hydrogen-bond donors (Lipinski definition) is 3. The Bertz CT molecular complexity index is 578. The van der Waals surface area contributed by atoms with Gasteiger partial charge in [0.1, 0.15) is 0 Å². The van der Waals surface area contributed by atoms with Gasteiger partial charge in [-0.05, 0) is 38.4 Å². The molecule has 1 aliphatic heterocycles. The van der Waals surface area contributed by atoms with Crippen LogP contribution in [0.15, 0.2) is 29.2 Å². The lowest BCUT2D eigenvalue weighted by molar-refractivity contribution is -0.122. The number of carbonyl (C=O) groups excluding carboxylic acids is 1. The Labute approximate surface area is 125 Å². The van der Waals surface area contributed by atoms with Crippen LogP contribution in [0, 0.1) is 6.92 Å². The minimum absolute atomic E-state index is 0.0676. The van der Waals surface area contributed by atoms with Gasteiger partial charge < -0.3 is 10.6 Å². The standard InChI is InChI=1S/C14H21N3O3S/c1-11-4-6-12(7-5-11)21(19,20)17-10-9-16-14(18)13-3-2-8-15-13/h4-7,13,15,17H,2-3,8-10H2,1H3,(H,16,18)/t13-/m0/s1. The highest BCUT2D eigenvalue weighted by Gasteiger charge is 2.21. The Morgan fingerprint density at radius 2 is 2.00 bits per heavy atom. The van der Waals surface area contributed by atoms with Gasteiger partial charge in [-0.15, -0.1) is 0 Å². The van der Waals surface area contributed by atoms with Crippen molar-refractivity contribution in [2.75, 3.05) is 19.6 Å². The van der Waals surface area contributed by atoms with E-state index in [1.165, 1.54) is 0 Å². The van der Waals surface area contributed by atoms with Crippen molar-refractivity contribution in [3.8, 4) is 0 Å². The average Bonchev–Trinajstić information content (AvgIpc) is 2.98. The summed E-state index contributed by atoms with van der Waals surface area (Å²) in [5.41, 5.74) is 1.00. The van der Waals surface area contributed by atoms with Crippen LogP contribution < -0.4 is 15.4 Å². The van der Waals surface area contributed by atoms with Gasteiger partial charge in [-0.1, -0.05) is 17.7 Å². The van der Waals surface area contributed by atoms with E-state index in [4.69, 9.17) is 0 Å². The molecule has 1 heterocycles. The highest BCUT2D eigenvalue weighted by molar-refractivity contribution is 7.89. The van der Waals surface area contributed by atoms with Crippen LogP contribution in [0.3, 0.4) is 0 Å². The van der Waals surface area contributed by atoms with E-state index >= 15 is 0 Å². The molecule has 0 saturated carbocycles. The predicted molar refractivity (Wildman–Crippen MR) is 80.4 cm³/mol. The smallest absolute Gasteiger partial charge is 0.240 e. The van der Waals surface area contributed by atoms with Crippen molar-refractivity contribution in [2.45, 2.75) is 30.7 Å². The van der Waals surface area contributed by atoms with Gasteiger partial charge in [0.15, 0.2) is 0 Å². The second-order valence-electron chi connectivity index (χ2n) is 5.15. The van der Waals surface area contributed by atoms with Gasteiger partial charge in [0.05, 0.1) is 10.9 Å². The van der Waals surface area contributed by atoms with E-state index in [1.807, 2.05) is 6.92 Å². The second kappa shape index (κ2) is 7.02. The minimum Gasteiger partial charge on any atom is -0.353 e. The molecule has 0 spiro atoms. The van der Waals surface area contributed by atoms with Crippen molar-refractivity contribution in [1.29, 1.82) is 0 Å². The van der Waals surface area contributed by atoms with Crippen LogP contribution in [-0.4, -0.2) is 40.0 Å². The fourth-order valence-corrected chi connectivity index (χ4v) is 3.24. The van der Waals surface area contributed by atoms with Crippen LogP contribution in [0.1, 0.15) is 18.4 Å². The number of aryl methyl sites for hydroxylation is 1. The summed E-state index contributed by atoms with van der Waals surface area (Å²) in [4.78, 5) is 12.0. The summed E-state index contributed by atoms with van der Waals surface area (Å²) >= 11 is 0. The Morgan fingerprint density at radius 3 is 2.62 bits per heavy atom. The molecule has 1 aliphatic rings. The van der Waals surface area contributed by atoms with Crippen LogP contribution in [0.25, 0.3) is 0 Å². The number of carbonyl (C=O) groups is 1. The fourth-order valence-electron chi connectivity index (χ4n) is 2.20. The normalized spacial score (nSPS) is 18.6. The summed E-state index contributed by atoms with van der Waals surface area (Å²) in [6.07, 6.45) is 1.83. The molecule has 0 aromatic heterocycles. The third kappa shape index (κ3) is 4.52. The van der Waals surface area contributed by atoms with Gasteiger partial charge in [0.2, 0.25) is 15.9 Å². The molecule has 6 nitrogen and oxygen atoms in total. The molecule has 1 aromatic carbocycles. The van der Waals surface area contributed by atoms with Crippen molar-refractivity contribution in [3.63, 3.8) is 0 Å². The highest BCUT2D eigenvalue weighted by atomic mass is 32.2. The highest BCUT2D eigenvalue weighted by Crippen LogP contribution is 2.09. The van der Waals surface area contributed by atoms with Gasteiger partial charge in [0, 0.05) is 13.1 Å². The minimum atomic E-state index is -3.51. The topological polar surface area (TPSA) is 87.3 Å².